The van der Waals surface area contributed by atoms with Crippen molar-refractivity contribution in [1.29, 1.82) is 0 Å². The van der Waals surface area contributed by atoms with E-state index in [0.717, 1.165) is 24.9 Å². The minimum absolute atomic E-state index is 0.119. The van der Waals surface area contributed by atoms with E-state index in [1.54, 1.807) is 0 Å². The van der Waals surface area contributed by atoms with E-state index in [1.165, 1.54) is 0 Å². The number of para-hydroxylation sites is 1. The first-order valence-electron chi connectivity index (χ1n) is 7.66. The number of amides is 1. The average molecular weight is 289 g/mol. The van der Waals surface area contributed by atoms with Crippen molar-refractivity contribution in [2.24, 2.45) is 5.92 Å². The molecule has 1 aromatic rings. The number of carbonyl (C=O) groups excluding carboxylic acids is 1. The van der Waals surface area contributed by atoms with E-state index in [-0.39, 0.29) is 17.3 Å². The second-order valence-electron chi connectivity index (χ2n) is 6.72. The molecule has 0 aromatic heterocycles. The van der Waals surface area contributed by atoms with Gasteiger partial charge in [0.2, 0.25) is 0 Å². The summed E-state index contributed by atoms with van der Waals surface area (Å²) in [5.74, 6) is 0.435. The highest BCUT2D eigenvalue weighted by atomic mass is 16.6. The third-order valence-corrected chi connectivity index (χ3v) is 5.01. The summed E-state index contributed by atoms with van der Waals surface area (Å²) in [6.07, 6.45) is 2.24. The molecule has 2 aliphatic rings. The first-order chi connectivity index (χ1) is 9.93. The van der Waals surface area contributed by atoms with Crippen LogP contribution in [-0.2, 0) is 9.47 Å². The minimum Gasteiger partial charge on any atom is -0.443 e. The summed E-state index contributed by atoms with van der Waals surface area (Å²) in [7, 11) is 0. The van der Waals surface area contributed by atoms with Crippen molar-refractivity contribution in [3.8, 4) is 0 Å². The number of ether oxygens (including phenoxy) is 2. The summed E-state index contributed by atoms with van der Waals surface area (Å²) in [6, 6.07) is 9.36. The Labute approximate surface area is 125 Å². The van der Waals surface area contributed by atoms with E-state index in [0.29, 0.717) is 5.92 Å². The van der Waals surface area contributed by atoms with Crippen molar-refractivity contribution < 1.29 is 14.3 Å². The third kappa shape index (κ3) is 2.53. The molecule has 0 radical (unpaired) electrons. The van der Waals surface area contributed by atoms with Gasteiger partial charge in [-0.2, -0.15) is 0 Å². The highest BCUT2D eigenvalue weighted by Crippen LogP contribution is 2.54. The maximum atomic E-state index is 12.1. The zero-order valence-corrected chi connectivity index (χ0v) is 12.9. The molecule has 0 aliphatic carbocycles. The van der Waals surface area contributed by atoms with Crippen molar-refractivity contribution in [1.82, 2.24) is 0 Å². The second-order valence-corrected chi connectivity index (χ2v) is 6.72. The van der Waals surface area contributed by atoms with Crippen LogP contribution in [0.25, 0.3) is 0 Å². The van der Waals surface area contributed by atoms with Crippen LogP contribution in [0.3, 0.4) is 0 Å². The summed E-state index contributed by atoms with van der Waals surface area (Å²) < 4.78 is 11.9. The van der Waals surface area contributed by atoms with Crippen LogP contribution < -0.4 is 5.32 Å². The average Bonchev–Trinajstić information content (AvgIpc) is 2.92. The summed E-state index contributed by atoms with van der Waals surface area (Å²) in [4.78, 5) is 12.1. The summed E-state index contributed by atoms with van der Waals surface area (Å²) in [5.41, 5.74) is 0.292. The molecular formula is C17H23NO3. The molecule has 2 fully saturated rings. The quantitative estimate of drug-likeness (QED) is 0.915. The number of anilines is 1. The van der Waals surface area contributed by atoms with Crippen LogP contribution in [0.15, 0.2) is 30.3 Å². The molecule has 2 aliphatic heterocycles. The van der Waals surface area contributed by atoms with Crippen molar-refractivity contribution in [3.05, 3.63) is 30.3 Å². The number of rotatable bonds is 3. The Kier molecular flexibility index (Phi) is 3.44. The molecule has 3 atom stereocenters. The maximum absolute atomic E-state index is 12.1. The normalized spacial score (nSPS) is 34.2. The molecule has 1 N–H and O–H groups in total. The standard InChI is InChI=1S/C17H23NO3/c1-12(2)17-10-9-16(3,21-17)14(11-17)20-15(19)18-13-7-5-4-6-8-13/h4-8,12,14H,9-11H2,1-3H3,(H,18,19)/t14-,16-,17+/m1/s1. The Morgan fingerprint density at radius 1 is 1.33 bits per heavy atom. The van der Waals surface area contributed by atoms with Crippen LogP contribution >= 0.6 is 0 Å². The first kappa shape index (κ1) is 14.4. The van der Waals surface area contributed by atoms with Crippen LogP contribution in [0.5, 0.6) is 0 Å². The molecule has 1 aromatic carbocycles. The number of benzene rings is 1. The van der Waals surface area contributed by atoms with Crippen LogP contribution in [0.4, 0.5) is 10.5 Å². The summed E-state index contributed by atoms with van der Waals surface area (Å²) in [5, 5.41) is 2.77. The van der Waals surface area contributed by atoms with Gasteiger partial charge in [-0.3, -0.25) is 5.32 Å². The molecule has 21 heavy (non-hydrogen) atoms. The Hall–Kier alpha value is -1.55. The van der Waals surface area contributed by atoms with Crippen molar-refractivity contribution in [3.63, 3.8) is 0 Å². The molecule has 114 valence electrons. The fraction of sp³-hybridized carbons (Fsp3) is 0.588. The lowest BCUT2D eigenvalue weighted by atomic mass is 9.75. The number of fused-ring (bicyclic) bond motifs is 2. The lowest BCUT2D eigenvalue weighted by Gasteiger charge is -2.31. The van der Waals surface area contributed by atoms with Gasteiger partial charge in [0.05, 0.1) is 5.60 Å². The molecule has 2 heterocycles. The van der Waals surface area contributed by atoms with E-state index in [1.807, 2.05) is 30.3 Å². The Morgan fingerprint density at radius 2 is 2.05 bits per heavy atom. The van der Waals surface area contributed by atoms with Crippen LogP contribution in [0.2, 0.25) is 0 Å². The second kappa shape index (κ2) is 5.02. The van der Waals surface area contributed by atoms with Gasteiger partial charge in [-0.05, 0) is 37.8 Å². The third-order valence-electron chi connectivity index (χ3n) is 5.01. The first-order valence-corrected chi connectivity index (χ1v) is 7.66. The fourth-order valence-electron chi connectivity index (χ4n) is 3.53. The SMILES string of the molecule is CC(C)[C@@]12CC[C@@](C)(O1)[C@H](OC(=O)Nc1ccccc1)C2. The van der Waals surface area contributed by atoms with Gasteiger partial charge in [0.15, 0.2) is 0 Å². The van der Waals surface area contributed by atoms with Crippen molar-refractivity contribution in [2.75, 3.05) is 5.32 Å². The summed E-state index contributed by atoms with van der Waals surface area (Å²) in [6.45, 7) is 6.42. The van der Waals surface area contributed by atoms with Crippen molar-refractivity contribution >= 4 is 11.8 Å². The molecule has 4 heteroatoms. The van der Waals surface area contributed by atoms with E-state index in [4.69, 9.17) is 9.47 Å². The molecule has 1 amide bonds. The van der Waals surface area contributed by atoms with E-state index >= 15 is 0 Å². The Balaban J connectivity index is 1.65. The monoisotopic (exact) mass is 289 g/mol. The molecule has 2 bridgehead atoms. The minimum atomic E-state index is -0.400. The molecule has 4 nitrogen and oxygen atoms in total. The van der Waals surface area contributed by atoms with Gasteiger partial charge in [0.1, 0.15) is 11.7 Å². The smallest absolute Gasteiger partial charge is 0.411 e. The van der Waals surface area contributed by atoms with Gasteiger partial charge in [0.25, 0.3) is 0 Å². The van der Waals surface area contributed by atoms with Gasteiger partial charge >= 0.3 is 6.09 Å². The van der Waals surface area contributed by atoms with Gasteiger partial charge in [-0.15, -0.1) is 0 Å². The van der Waals surface area contributed by atoms with E-state index in [9.17, 15) is 4.79 Å². The molecular weight excluding hydrogens is 266 g/mol. The zero-order valence-electron chi connectivity index (χ0n) is 12.9. The summed E-state index contributed by atoms with van der Waals surface area (Å²) >= 11 is 0. The van der Waals surface area contributed by atoms with Crippen LogP contribution in [0.1, 0.15) is 40.0 Å². The predicted octanol–water partition coefficient (Wildman–Crippen LogP) is 3.97. The molecule has 0 spiro atoms. The maximum Gasteiger partial charge on any atom is 0.411 e. The topological polar surface area (TPSA) is 47.6 Å². The number of hydrogen-bond donors (Lipinski definition) is 1. The van der Waals surface area contributed by atoms with Gasteiger partial charge < -0.3 is 9.47 Å². The lowest BCUT2D eigenvalue weighted by molar-refractivity contribution is -0.0807. The number of hydrogen-bond acceptors (Lipinski definition) is 3. The zero-order chi connectivity index (χ0) is 15.1. The molecule has 3 rings (SSSR count). The lowest BCUT2D eigenvalue weighted by Crippen LogP contribution is -2.40. The van der Waals surface area contributed by atoms with E-state index in [2.05, 4.69) is 26.1 Å². The van der Waals surface area contributed by atoms with Crippen LogP contribution in [-0.4, -0.2) is 23.4 Å². The molecule has 0 unspecified atom stereocenters. The van der Waals surface area contributed by atoms with Crippen molar-refractivity contribution in [2.45, 2.75) is 57.3 Å². The van der Waals surface area contributed by atoms with Crippen LogP contribution in [0, 0.1) is 5.92 Å². The molecule has 0 saturated carbocycles. The van der Waals surface area contributed by atoms with Gasteiger partial charge in [-0.1, -0.05) is 32.0 Å². The Bertz CT molecular complexity index is 530. The van der Waals surface area contributed by atoms with E-state index < -0.39 is 6.09 Å². The molecule has 2 saturated heterocycles. The highest BCUT2D eigenvalue weighted by Gasteiger charge is 2.61. The number of nitrogens with one attached hydrogen (secondary N) is 1. The number of carbonyl (C=O) groups is 1. The fourth-order valence-corrected chi connectivity index (χ4v) is 3.53. The Morgan fingerprint density at radius 3 is 2.67 bits per heavy atom. The predicted molar refractivity (Wildman–Crippen MR) is 81.2 cm³/mol. The van der Waals surface area contributed by atoms with Gasteiger partial charge in [-0.25, -0.2) is 4.79 Å². The largest absolute Gasteiger partial charge is 0.443 e. The highest BCUT2D eigenvalue weighted by molar-refractivity contribution is 5.84. The van der Waals surface area contributed by atoms with Gasteiger partial charge in [0, 0.05) is 12.1 Å².